The van der Waals surface area contributed by atoms with Gasteiger partial charge in [0.2, 0.25) is 0 Å². The summed E-state index contributed by atoms with van der Waals surface area (Å²) >= 11 is 0. The summed E-state index contributed by atoms with van der Waals surface area (Å²) in [6, 6.07) is 0.498. The fourth-order valence-electron chi connectivity index (χ4n) is 2.92. The Morgan fingerprint density at radius 3 is 2.79 bits per heavy atom. The summed E-state index contributed by atoms with van der Waals surface area (Å²) in [4.78, 5) is 2.50. The van der Waals surface area contributed by atoms with Crippen LogP contribution in [0, 0.1) is 11.8 Å². The van der Waals surface area contributed by atoms with Gasteiger partial charge in [0.1, 0.15) is 0 Å². The van der Waals surface area contributed by atoms with Gasteiger partial charge < -0.3 is 5.11 Å². The van der Waals surface area contributed by atoms with Crippen molar-refractivity contribution >= 4 is 0 Å². The van der Waals surface area contributed by atoms with Crippen LogP contribution in [0.25, 0.3) is 0 Å². The molecule has 2 heteroatoms. The molecule has 2 rings (SSSR count). The molecule has 2 fully saturated rings. The van der Waals surface area contributed by atoms with Crippen molar-refractivity contribution in [1.82, 2.24) is 4.90 Å². The molecule has 0 bridgehead atoms. The number of rotatable bonds is 2. The van der Waals surface area contributed by atoms with Crippen LogP contribution in [-0.2, 0) is 0 Å². The Kier molecular flexibility index (Phi) is 2.93. The first-order valence-electron chi connectivity index (χ1n) is 5.75. The van der Waals surface area contributed by atoms with Gasteiger partial charge in [0, 0.05) is 19.1 Å². The highest BCUT2D eigenvalue weighted by atomic mass is 16.3. The lowest BCUT2D eigenvalue weighted by atomic mass is 9.80. The van der Waals surface area contributed by atoms with Gasteiger partial charge in [0.15, 0.2) is 0 Å². The average Bonchev–Trinajstić information content (AvgIpc) is 2.59. The predicted molar refractivity (Wildman–Crippen MR) is 58.1 cm³/mol. The van der Waals surface area contributed by atoms with E-state index in [1.165, 1.54) is 13.0 Å². The minimum Gasteiger partial charge on any atom is -0.393 e. The number of nitrogens with zero attached hydrogens (tertiary/aromatic N) is 1. The number of hydrogen-bond acceptors (Lipinski definition) is 2. The van der Waals surface area contributed by atoms with Gasteiger partial charge in [-0.15, -0.1) is 6.58 Å². The lowest BCUT2D eigenvalue weighted by Gasteiger charge is -2.27. The van der Waals surface area contributed by atoms with Crippen molar-refractivity contribution in [1.29, 1.82) is 0 Å². The molecule has 14 heavy (non-hydrogen) atoms. The maximum absolute atomic E-state index is 9.60. The molecular weight excluding hydrogens is 174 g/mol. The third-order valence-corrected chi connectivity index (χ3v) is 3.97. The van der Waals surface area contributed by atoms with Crippen molar-refractivity contribution in [3.05, 3.63) is 12.7 Å². The Morgan fingerprint density at radius 2 is 2.07 bits per heavy atom. The average molecular weight is 195 g/mol. The minimum atomic E-state index is -0.0322. The van der Waals surface area contributed by atoms with E-state index in [9.17, 15) is 5.11 Å². The van der Waals surface area contributed by atoms with Crippen LogP contribution in [0.3, 0.4) is 0 Å². The maximum atomic E-state index is 9.60. The summed E-state index contributed by atoms with van der Waals surface area (Å²) in [6.07, 6.45) is 5.23. The Hall–Kier alpha value is -0.340. The molecule has 2 aliphatic rings. The zero-order chi connectivity index (χ0) is 10.1. The van der Waals surface area contributed by atoms with Crippen LogP contribution in [-0.4, -0.2) is 35.2 Å². The van der Waals surface area contributed by atoms with Gasteiger partial charge >= 0.3 is 0 Å². The zero-order valence-electron chi connectivity index (χ0n) is 9.02. The summed E-state index contributed by atoms with van der Waals surface area (Å²) in [5.41, 5.74) is 0. The molecular formula is C12H21NO. The Labute approximate surface area is 86.6 Å². The maximum Gasteiger partial charge on any atom is 0.0543 e. The lowest BCUT2D eigenvalue weighted by molar-refractivity contribution is 0.0865. The summed E-state index contributed by atoms with van der Waals surface area (Å²) in [5.74, 6) is 1.57. The lowest BCUT2D eigenvalue weighted by Crippen LogP contribution is -2.29. The van der Waals surface area contributed by atoms with E-state index in [0.717, 1.165) is 31.2 Å². The third kappa shape index (κ3) is 1.86. The van der Waals surface area contributed by atoms with E-state index in [0.29, 0.717) is 6.04 Å². The molecule has 0 aromatic carbocycles. The second-order valence-corrected chi connectivity index (χ2v) is 4.92. The van der Waals surface area contributed by atoms with Crippen molar-refractivity contribution in [2.45, 2.75) is 38.3 Å². The summed E-state index contributed by atoms with van der Waals surface area (Å²) in [7, 11) is 0. The Bertz CT molecular complexity index is 216. The SMILES string of the molecule is C=CC(C)N1CC2CCC(O)CC2C1. The summed E-state index contributed by atoms with van der Waals surface area (Å²) in [5, 5.41) is 9.60. The normalized spacial score (nSPS) is 40.6. The van der Waals surface area contributed by atoms with Crippen molar-refractivity contribution in [2.75, 3.05) is 13.1 Å². The van der Waals surface area contributed by atoms with Crippen LogP contribution in [0.4, 0.5) is 0 Å². The van der Waals surface area contributed by atoms with E-state index < -0.39 is 0 Å². The molecule has 0 aromatic rings. The van der Waals surface area contributed by atoms with Crippen molar-refractivity contribution in [2.24, 2.45) is 11.8 Å². The van der Waals surface area contributed by atoms with Crippen LogP contribution in [0.5, 0.6) is 0 Å². The molecule has 0 aromatic heterocycles. The molecule has 1 heterocycles. The minimum absolute atomic E-state index is 0.0322. The molecule has 1 N–H and O–H groups in total. The monoisotopic (exact) mass is 195 g/mol. The van der Waals surface area contributed by atoms with Crippen LogP contribution in [0.2, 0.25) is 0 Å². The highest BCUT2D eigenvalue weighted by Crippen LogP contribution is 2.36. The molecule has 2 nitrogen and oxygen atoms in total. The van der Waals surface area contributed by atoms with Crippen molar-refractivity contribution in [3.8, 4) is 0 Å². The topological polar surface area (TPSA) is 23.5 Å². The molecule has 80 valence electrons. The molecule has 1 aliphatic carbocycles. The van der Waals surface area contributed by atoms with E-state index in [1.807, 2.05) is 6.08 Å². The van der Waals surface area contributed by atoms with Crippen molar-refractivity contribution in [3.63, 3.8) is 0 Å². The predicted octanol–water partition coefficient (Wildman–Crippen LogP) is 1.65. The first kappa shape index (κ1) is 10.2. The molecule has 0 spiro atoms. The van der Waals surface area contributed by atoms with Gasteiger partial charge in [-0.2, -0.15) is 0 Å². The highest BCUT2D eigenvalue weighted by molar-refractivity contribution is 4.94. The van der Waals surface area contributed by atoms with Gasteiger partial charge in [-0.25, -0.2) is 0 Å². The highest BCUT2D eigenvalue weighted by Gasteiger charge is 2.37. The first-order chi connectivity index (χ1) is 6.70. The number of likely N-dealkylation sites (tertiary alicyclic amines) is 1. The number of aliphatic hydroxyl groups is 1. The standard InChI is InChI=1S/C12H21NO/c1-3-9(2)13-7-10-4-5-12(14)6-11(10)8-13/h3,9-12,14H,1,4-8H2,2H3. The van der Waals surface area contributed by atoms with Gasteiger partial charge in [-0.3, -0.25) is 4.90 Å². The van der Waals surface area contributed by atoms with Gasteiger partial charge in [-0.1, -0.05) is 6.08 Å². The molecule has 1 saturated heterocycles. The van der Waals surface area contributed by atoms with E-state index >= 15 is 0 Å². The van der Waals surface area contributed by atoms with E-state index in [-0.39, 0.29) is 6.10 Å². The largest absolute Gasteiger partial charge is 0.393 e. The smallest absolute Gasteiger partial charge is 0.0543 e. The summed E-state index contributed by atoms with van der Waals surface area (Å²) < 4.78 is 0. The zero-order valence-corrected chi connectivity index (χ0v) is 9.02. The van der Waals surface area contributed by atoms with Crippen LogP contribution >= 0.6 is 0 Å². The second-order valence-electron chi connectivity index (χ2n) is 4.92. The van der Waals surface area contributed by atoms with Crippen molar-refractivity contribution < 1.29 is 5.11 Å². The fraction of sp³-hybridized carbons (Fsp3) is 0.833. The van der Waals surface area contributed by atoms with E-state index in [4.69, 9.17) is 0 Å². The van der Waals surface area contributed by atoms with E-state index in [1.54, 1.807) is 0 Å². The molecule has 4 atom stereocenters. The fourth-order valence-corrected chi connectivity index (χ4v) is 2.92. The number of fused-ring (bicyclic) bond motifs is 1. The van der Waals surface area contributed by atoms with Gasteiger partial charge in [0.25, 0.3) is 0 Å². The first-order valence-corrected chi connectivity index (χ1v) is 5.75. The second kappa shape index (κ2) is 4.03. The Balaban J connectivity index is 1.95. The molecule has 0 radical (unpaired) electrons. The van der Waals surface area contributed by atoms with Crippen LogP contribution in [0.1, 0.15) is 26.2 Å². The summed E-state index contributed by atoms with van der Waals surface area (Å²) in [6.45, 7) is 8.43. The number of aliphatic hydroxyl groups excluding tert-OH is 1. The molecule has 4 unspecified atom stereocenters. The van der Waals surface area contributed by atoms with E-state index in [2.05, 4.69) is 18.4 Å². The molecule has 0 amide bonds. The van der Waals surface area contributed by atoms with Crippen LogP contribution in [0.15, 0.2) is 12.7 Å². The molecule has 1 aliphatic heterocycles. The quantitative estimate of drug-likeness (QED) is 0.677. The van der Waals surface area contributed by atoms with Gasteiger partial charge in [-0.05, 0) is 38.0 Å². The Morgan fingerprint density at radius 1 is 1.36 bits per heavy atom. The number of hydrogen-bond donors (Lipinski definition) is 1. The third-order valence-electron chi connectivity index (χ3n) is 3.97. The van der Waals surface area contributed by atoms with Crippen LogP contribution < -0.4 is 0 Å². The molecule has 1 saturated carbocycles. The van der Waals surface area contributed by atoms with Gasteiger partial charge in [0.05, 0.1) is 6.10 Å².